The smallest absolute Gasteiger partial charge is 0.250 e. The van der Waals surface area contributed by atoms with E-state index in [0.717, 1.165) is 18.6 Å². The zero-order chi connectivity index (χ0) is 19.1. The Balaban J connectivity index is 1.59. The molecule has 8 heteroatoms. The number of nitrogens with one attached hydrogen (secondary N) is 2. The number of hydrogen-bond donors (Lipinski definition) is 4. The molecule has 2 saturated carbocycles. The maximum Gasteiger partial charge on any atom is 0.250 e. The lowest BCUT2D eigenvalue weighted by Crippen LogP contribution is -2.50. The largest absolute Gasteiger partial charge is 0.394 e. The second-order valence-corrected chi connectivity index (χ2v) is 9.51. The number of aliphatic hydroxyl groups excluding tert-OH is 2. The highest BCUT2D eigenvalue weighted by molar-refractivity contribution is 8.14. The third-order valence-corrected chi connectivity index (χ3v) is 7.91. The van der Waals surface area contributed by atoms with E-state index in [4.69, 9.17) is 0 Å². The first-order valence-corrected chi connectivity index (χ1v) is 10.3. The Morgan fingerprint density at radius 1 is 1.38 bits per heavy atom. The number of carbonyl (C=O) groups excluding carboxylic acids is 2. The number of nitrogens with zero attached hydrogens (tertiary/aromatic N) is 1. The summed E-state index contributed by atoms with van der Waals surface area (Å²) in [7, 11) is 0. The van der Waals surface area contributed by atoms with Gasteiger partial charge in [-0.1, -0.05) is 32.5 Å². The van der Waals surface area contributed by atoms with Crippen LogP contribution in [0.1, 0.15) is 40.0 Å². The lowest BCUT2D eigenvalue weighted by Gasteiger charge is -2.37. The molecule has 1 aliphatic heterocycles. The second kappa shape index (κ2) is 7.13. The Kier molecular flexibility index (Phi) is 5.38. The summed E-state index contributed by atoms with van der Waals surface area (Å²) in [5, 5.41) is 26.0. The molecule has 3 aliphatic rings. The van der Waals surface area contributed by atoms with E-state index in [2.05, 4.69) is 36.4 Å². The van der Waals surface area contributed by atoms with Crippen molar-refractivity contribution in [1.29, 1.82) is 0 Å². The highest BCUT2D eigenvalue weighted by Crippen LogP contribution is 2.68. The SMILES string of the molecule is CC1(C)C2CCC1(C)C(O)C2CC(=O)N[C@@H](CO)C(=O)NC1=NCCS1. The van der Waals surface area contributed by atoms with Crippen LogP contribution in [0.5, 0.6) is 0 Å². The van der Waals surface area contributed by atoms with E-state index >= 15 is 0 Å². The van der Waals surface area contributed by atoms with Gasteiger partial charge in [-0.25, -0.2) is 0 Å². The van der Waals surface area contributed by atoms with Crippen LogP contribution >= 0.6 is 11.8 Å². The number of hydrogen-bond acceptors (Lipinski definition) is 6. The maximum atomic E-state index is 12.5. The summed E-state index contributed by atoms with van der Waals surface area (Å²) in [5.74, 6) is 0.229. The summed E-state index contributed by atoms with van der Waals surface area (Å²) in [4.78, 5) is 28.9. The molecule has 0 spiro atoms. The molecule has 0 radical (unpaired) electrons. The number of fused-ring (bicyclic) bond motifs is 2. The van der Waals surface area contributed by atoms with Crippen molar-refractivity contribution in [1.82, 2.24) is 10.6 Å². The predicted molar refractivity (Wildman–Crippen MR) is 101 cm³/mol. The fourth-order valence-corrected chi connectivity index (χ4v) is 5.78. The zero-order valence-corrected chi connectivity index (χ0v) is 16.4. The third kappa shape index (κ3) is 3.16. The Labute approximate surface area is 158 Å². The fraction of sp³-hybridized carbons (Fsp3) is 0.833. The minimum Gasteiger partial charge on any atom is -0.394 e. The number of amides is 2. The van der Waals surface area contributed by atoms with Gasteiger partial charge >= 0.3 is 0 Å². The van der Waals surface area contributed by atoms with E-state index in [1.165, 1.54) is 11.8 Å². The van der Waals surface area contributed by atoms with Gasteiger partial charge in [0.1, 0.15) is 6.04 Å². The van der Waals surface area contributed by atoms with Crippen molar-refractivity contribution in [3.63, 3.8) is 0 Å². The summed E-state index contributed by atoms with van der Waals surface area (Å²) in [5.41, 5.74) is -0.183. The number of thioether (sulfide) groups is 1. The minimum absolute atomic E-state index is 0.0110. The van der Waals surface area contributed by atoms with Crippen LogP contribution in [-0.4, -0.2) is 58.2 Å². The first-order chi connectivity index (χ1) is 12.2. The van der Waals surface area contributed by atoms with Gasteiger partial charge in [0, 0.05) is 12.2 Å². The van der Waals surface area contributed by atoms with Crippen molar-refractivity contribution in [3.05, 3.63) is 0 Å². The molecule has 0 aromatic rings. The van der Waals surface area contributed by atoms with Crippen LogP contribution in [0.2, 0.25) is 0 Å². The van der Waals surface area contributed by atoms with Gasteiger partial charge < -0.3 is 20.8 Å². The molecule has 5 atom stereocenters. The standard InChI is InChI=1S/C18H29N3O4S/c1-17(2)11-4-5-18(17,3)14(24)10(11)8-13(23)20-12(9-22)15(25)21-16-19-6-7-26-16/h10-12,14,22,24H,4-9H2,1-3H3,(H,20,23)(H,19,21,25)/t10?,11?,12-,14?,18?/m0/s1. The van der Waals surface area contributed by atoms with Crippen molar-refractivity contribution < 1.29 is 19.8 Å². The summed E-state index contributed by atoms with van der Waals surface area (Å²) in [6, 6.07) is -1.01. The summed E-state index contributed by atoms with van der Waals surface area (Å²) >= 11 is 1.44. The zero-order valence-electron chi connectivity index (χ0n) is 15.6. The van der Waals surface area contributed by atoms with Gasteiger partial charge in [-0.15, -0.1) is 0 Å². The van der Waals surface area contributed by atoms with Gasteiger partial charge in [0.2, 0.25) is 5.91 Å². The van der Waals surface area contributed by atoms with Crippen molar-refractivity contribution >= 4 is 28.7 Å². The van der Waals surface area contributed by atoms with Gasteiger partial charge in [-0.2, -0.15) is 0 Å². The monoisotopic (exact) mass is 383 g/mol. The van der Waals surface area contributed by atoms with Crippen molar-refractivity contribution in [2.75, 3.05) is 18.9 Å². The molecule has 2 aliphatic carbocycles. The van der Waals surface area contributed by atoms with Crippen LogP contribution in [0.3, 0.4) is 0 Å². The highest BCUT2D eigenvalue weighted by Gasteiger charge is 2.65. The molecule has 146 valence electrons. The topological polar surface area (TPSA) is 111 Å². The van der Waals surface area contributed by atoms with E-state index in [0.29, 0.717) is 17.6 Å². The average molecular weight is 384 g/mol. The lowest BCUT2D eigenvalue weighted by atomic mass is 9.70. The van der Waals surface area contributed by atoms with Gasteiger partial charge in [0.25, 0.3) is 5.91 Å². The number of aliphatic hydroxyl groups is 2. The average Bonchev–Trinajstić information content (AvgIpc) is 3.20. The molecule has 0 aromatic heterocycles. The van der Waals surface area contributed by atoms with Crippen LogP contribution in [0.25, 0.3) is 0 Å². The molecular weight excluding hydrogens is 354 g/mol. The third-order valence-electron chi connectivity index (χ3n) is 7.02. The first-order valence-electron chi connectivity index (χ1n) is 9.27. The Morgan fingerprint density at radius 2 is 2.12 bits per heavy atom. The van der Waals surface area contributed by atoms with Crippen LogP contribution in [0, 0.1) is 22.7 Å². The van der Waals surface area contributed by atoms with Crippen LogP contribution in [0.15, 0.2) is 4.99 Å². The van der Waals surface area contributed by atoms with Crippen LogP contribution in [-0.2, 0) is 9.59 Å². The molecule has 4 unspecified atom stereocenters. The molecule has 0 saturated heterocycles. The molecule has 2 bridgehead atoms. The molecule has 3 rings (SSSR count). The van der Waals surface area contributed by atoms with E-state index < -0.39 is 24.7 Å². The molecule has 4 N–H and O–H groups in total. The van der Waals surface area contributed by atoms with Crippen molar-refractivity contribution in [2.24, 2.45) is 27.7 Å². The predicted octanol–water partition coefficient (Wildman–Crippen LogP) is 0.506. The fourth-order valence-electron chi connectivity index (χ4n) is 5.05. The molecule has 2 fully saturated rings. The van der Waals surface area contributed by atoms with Crippen molar-refractivity contribution in [3.8, 4) is 0 Å². The normalized spacial score (nSPS) is 35.9. The summed E-state index contributed by atoms with van der Waals surface area (Å²) in [6.45, 7) is 6.65. The lowest BCUT2D eigenvalue weighted by molar-refractivity contribution is -0.130. The second-order valence-electron chi connectivity index (χ2n) is 8.42. The molecule has 2 amide bonds. The number of carbonyl (C=O) groups is 2. The number of aliphatic imine (C=N–C) groups is 1. The van der Waals surface area contributed by atoms with Gasteiger partial charge in [0.15, 0.2) is 5.17 Å². The quantitative estimate of drug-likeness (QED) is 0.553. The van der Waals surface area contributed by atoms with Gasteiger partial charge in [-0.05, 0) is 35.5 Å². The van der Waals surface area contributed by atoms with E-state index in [9.17, 15) is 19.8 Å². The highest BCUT2D eigenvalue weighted by atomic mass is 32.2. The van der Waals surface area contributed by atoms with Crippen LogP contribution < -0.4 is 10.6 Å². The minimum atomic E-state index is -1.01. The molecule has 7 nitrogen and oxygen atoms in total. The van der Waals surface area contributed by atoms with E-state index in [1.54, 1.807) is 0 Å². The number of rotatable bonds is 5. The molecular formula is C18H29N3O4S. The molecule has 1 heterocycles. The Bertz CT molecular complexity index is 624. The maximum absolute atomic E-state index is 12.5. The Hall–Kier alpha value is -1.12. The molecule has 0 aromatic carbocycles. The summed E-state index contributed by atoms with van der Waals surface area (Å²) in [6.07, 6.45) is 1.64. The van der Waals surface area contributed by atoms with E-state index in [-0.39, 0.29) is 29.1 Å². The summed E-state index contributed by atoms with van der Waals surface area (Å²) < 4.78 is 0. The van der Waals surface area contributed by atoms with Crippen molar-refractivity contribution in [2.45, 2.75) is 52.2 Å². The molecule has 26 heavy (non-hydrogen) atoms. The van der Waals surface area contributed by atoms with Gasteiger partial charge in [-0.3, -0.25) is 14.6 Å². The number of amidine groups is 1. The van der Waals surface area contributed by atoms with Crippen LogP contribution in [0.4, 0.5) is 0 Å². The first kappa shape index (κ1) is 19.6. The Morgan fingerprint density at radius 3 is 2.65 bits per heavy atom. The van der Waals surface area contributed by atoms with Gasteiger partial charge in [0.05, 0.1) is 19.3 Å². The van der Waals surface area contributed by atoms with E-state index in [1.807, 2.05) is 0 Å².